The van der Waals surface area contributed by atoms with Gasteiger partial charge in [-0.1, -0.05) is 46.3 Å². The Morgan fingerprint density at radius 3 is 2.55 bits per heavy atom. The van der Waals surface area contributed by atoms with Gasteiger partial charge in [0.05, 0.1) is 5.71 Å². The molecule has 0 heterocycles. The lowest BCUT2D eigenvalue weighted by molar-refractivity contribution is 1.04. The van der Waals surface area contributed by atoms with E-state index in [-0.39, 0.29) is 0 Å². The van der Waals surface area contributed by atoms with Crippen LogP contribution in [0.1, 0.15) is 23.6 Å². The van der Waals surface area contributed by atoms with E-state index in [0.29, 0.717) is 5.11 Å². The summed E-state index contributed by atoms with van der Waals surface area (Å²) in [7, 11) is 0. The zero-order chi connectivity index (χ0) is 16.1. The third kappa shape index (κ3) is 4.15. The molecular weight excluding hydrogens is 358 g/mol. The van der Waals surface area contributed by atoms with Crippen LogP contribution in [0.4, 0.5) is 5.69 Å². The molecule has 2 rings (SSSR count). The van der Waals surface area contributed by atoms with Crippen LogP contribution in [-0.4, -0.2) is 10.8 Å². The van der Waals surface area contributed by atoms with E-state index in [0.717, 1.165) is 21.4 Å². The van der Waals surface area contributed by atoms with Crippen molar-refractivity contribution in [2.24, 2.45) is 5.10 Å². The number of halogens is 1. The minimum atomic E-state index is 0.472. The summed E-state index contributed by atoms with van der Waals surface area (Å²) in [5, 5.41) is 7.98. The van der Waals surface area contributed by atoms with Gasteiger partial charge in [-0.15, -0.1) is 0 Å². The van der Waals surface area contributed by atoms with Crippen molar-refractivity contribution in [3.05, 3.63) is 63.6 Å². The molecule has 0 saturated carbocycles. The van der Waals surface area contributed by atoms with Crippen LogP contribution < -0.4 is 10.7 Å². The van der Waals surface area contributed by atoms with E-state index < -0.39 is 0 Å². The zero-order valence-electron chi connectivity index (χ0n) is 12.8. The number of thiocarbonyl (C=S) groups is 1. The molecule has 0 bridgehead atoms. The van der Waals surface area contributed by atoms with Gasteiger partial charge in [-0.05, 0) is 56.2 Å². The Hall–Kier alpha value is -1.72. The fourth-order valence-electron chi connectivity index (χ4n) is 1.99. The molecule has 0 amide bonds. The van der Waals surface area contributed by atoms with Gasteiger partial charge in [0.15, 0.2) is 5.11 Å². The number of benzene rings is 2. The molecule has 0 aliphatic rings. The molecule has 0 radical (unpaired) electrons. The SMILES string of the molecule is C/C(=N/NC(=S)Nc1cccc(C)c1C)c1ccccc1Br. The number of aryl methyl sites for hydroxylation is 1. The Bertz CT molecular complexity index is 726. The van der Waals surface area contributed by atoms with Gasteiger partial charge in [-0.25, -0.2) is 0 Å². The van der Waals surface area contributed by atoms with Crippen LogP contribution in [0.25, 0.3) is 0 Å². The quantitative estimate of drug-likeness (QED) is 0.460. The van der Waals surface area contributed by atoms with Gasteiger partial charge in [0.2, 0.25) is 0 Å². The van der Waals surface area contributed by atoms with Crippen molar-refractivity contribution < 1.29 is 0 Å². The molecule has 0 aliphatic heterocycles. The first-order valence-electron chi connectivity index (χ1n) is 6.91. The van der Waals surface area contributed by atoms with Crippen molar-refractivity contribution in [3.63, 3.8) is 0 Å². The average Bonchev–Trinajstić information content (AvgIpc) is 2.50. The van der Waals surface area contributed by atoms with Gasteiger partial charge in [-0.3, -0.25) is 5.43 Å². The summed E-state index contributed by atoms with van der Waals surface area (Å²) in [6, 6.07) is 14.0. The highest BCUT2D eigenvalue weighted by molar-refractivity contribution is 9.10. The van der Waals surface area contributed by atoms with Gasteiger partial charge >= 0.3 is 0 Å². The van der Waals surface area contributed by atoms with Crippen LogP contribution in [0.2, 0.25) is 0 Å². The predicted molar refractivity (Wildman–Crippen MR) is 102 cm³/mol. The molecule has 2 N–H and O–H groups in total. The summed E-state index contributed by atoms with van der Waals surface area (Å²) < 4.78 is 1.01. The second kappa shape index (κ2) is 7.51. The molecule has 0 fully saturated rings. The van der Waals surface area contributed by atoms with Crippen molar-refractivity contribution in [2.75, 3.05) is 5.32 Å². The highest BCUT2D eigenvalue weighted by atomic mass is 79.9. The largest absolute Gasteiger partial charge is 0.331 e. The molecule has 2 aromatic carbocycles. The van der Waals surface area contributed by atoms with E-state index >= 15 is 0 Å². The molecule has 0 aliphatic carbocycles. The van der Waals surface area contributed by atoms with Crippen molar-refractivity contribution in [1.29, 1.82) is 0 Å². The molecule has 0 aromatic heterocycles. The first kappa shape index (κ1) is 16.6. The van der Waals surface area contributed by atoms with Gasteiger partial charge < -0.3 is 5.32 Å². The summed E-state index contributed by atoms with van der Waals surface area (Å²) in [6.07, 6.45) is 0. The lowest BCUT2D eigenvalue weighted by Crippen LogP contribution is -2.25. The molecule has 3 nitrogen and oxygen atoms in total. The number of anilines is 1. The Kier molecular flexibility index (Phi) is 5.69. The maximum absolute atomic E-state index is 5.30. The van der Waals surface area contributed by atoms with Crippen LogP contribution in [0, 0.1) is 13.8 Å². The van der Waals surface area contributed by atoms with E-state index in [9.17, 15) is 0 Å². The van der Waals surface area contributed by atoms with Crippen LogP contribution in [0.3, 0.4) is 0 Å². The maximum atomic E-state index is 5.30. The lowest BCUT2D eigenvalue weighted by Gasteiger charge is -2.12. The number of rotatable bonds is 3. The highest BCUT2D eigenvalue weighted by Gasteiger charge is 2.04. The molecule has 0 spiro atoms. The van der Waals surface area contributed by atoms with E-state index in [1.165, 1.54) is 11.1 Å². The molecule has 22 heavy (non-hydrogen) atoms. The van der Waals surface area contributed by atoms with E-state index in [1.54, 1.807) is 0 Å². The minimum absolute atomic E-state index is 0.472. The normalized spacial score (nSPS) is 11.2. The Morgan fingerprint density at radius 2 is 1.82 bits per heavy atom. The van der Waals surface area contributed by atoms with Crippen molar-refractivity contribution in [1.82, 2.24) is 5.43 Å². The average molecular weight is 376 g/mol. The first-order valence-corrected chi connectivity index (χ1v) is 8.11. The fraction of sp³-hybridized carbons (Fsp3) is 0.176. The van der Waals surface area contributed by atoms with Crippen LogP contribution >= 0.6 is 28.1 Å². The third-order valence-electron chi connectivity index (χ3n) is 3.44. The van der Waals surface area contributed by atoms with Crippen LogP contribution in [-0.2, 0) is 0 Å². The van der Waals surface area contributed by atoms with Crippen LogP contribution in [0.5, 0.6) is 0 Å². The first-order chi connectivity index (χ1) is 10.5. The monoisotopic (exact) mass is 375 g/mol. The van der Waals surface area contributed by atoms with Crippen molar-refractivity contribution >= 4 is 44.7 Å². The van der Waals surface area contributed by atoms with Gasteiger partial charge in [0.25, 0.3) is 0 Å². The molecule has 0 unspecified atom stereocenters. The van der Waals surface area contributed by atoms with Gasteiger partial charge in [0, 0.05) is 15.7 Å². The second-order valence-electron chi connectivity index (χ2n) is 4.99. The number of hydrogen-bond donors (Lipinski definition) is 2. The maximum Gasteiger partial charge on any atom is 0.191 e. The topological polar surface area (TPSA) is 36.4 Å². The third-order valence-corrected chi connectivity index (χ3v) is 4.33. The Balaban J connectivity index is 2.05. The minimum Gasteiger partial charge on any atom is -0.331 e. The molecule has 114 valence electrons. The highest BCUT2D eigenvalue weighted by Crippen LogP contribution is 2.18. The Labute approximate surface area is 145 Å². The standard InChI is InChI=1S/C17H18BrN3S/c1-11-7-6-10-16(12(11)2)19-17(22)21-20-13(3)14-8-4-5-9-15(14)18/h4-10H,1-3H3,(H2,19,21,22)/b20-13-. The summed E-state index contributed by atoms with van der Waals surface area (Å²) in [5.41, 5.74) is 8.18. The molecule has 2 aromatic rings. The molecule has 0 saturated heterocycles. The molecular formula is C17H18BrN3S. The van der Waals surface area contributed by atoms with Crippen molar-refractivity contribution in [3.8, 4) is 0 Å². The van der Waals surface area contributed by atoms with Crippen LogP contribution in [0.15, 0.2) is 52.0 Å². The molecule has 0 atom stereocenters. The van der Waals surface area contributed by atoms with E-state index in [2.05, 4.69) is 51.7 Å². The van der Waals surface area contributed by atoms with Gasteiger partial charge in [-0.2, -0.15) is 5.10 Å². The summed E-state index contributed by atoms with van der Waals surface area (Å²) >= 11 is 8.82. The van der Waals surface area contributed by atoms with Gasteiger partial charge in [0.1, 0.15) is 0 Å². The van der Waals surface area contributed by atoms with Crippen molar-refractivity contribution in [2.45, 2.75) is 20.8 Å². The van der Waals surface area contributed by atoms with E-state index in [1.807, 2.05) is 43.3 Å². The number of nitrogens with one attached hydrogen (secondary N) is 2. The fourth-order valence-corrected chi connectivity index (χ4v) is 2.71. The smallest absolute Gasteiger partial charge is 0.191 e. The summed E-state index contributed by atoms with van der Waals surface area (Å²) in [6.45, 7) is 6.08. The number of hydrogen-bond acceptors (Lipinski definition) is 2. The number of hydrazone groups is 1. The summed E-state index contributed by atoms with van der Waals surface area (Å²) in [5.74, 6) is 0. The second-order valence-corrected chi connectivity index (χ2v) is 6.25. The lowest BCUT2D eigenvalue weighted by atomic mass is 10.1. The molecule has 5 heteroatoms. The number of nitrogens with zero attached hydrogens (tertiary/aromatic N) is 1. The van der Waals surface area contributed by atoms with E-state index in [4.69, 9.17) is 12.2 Å². The predicted octanol–water partition coefficient (Wildman–Crippen LogP) is 4.78. The zero-order valence-corrected chi connectivity index (χ0v) is 15.2. The Morgan fingerprint density at radius 1 is 1.09 bits per heavy atom. The summed E-state index contributed by atoms with van der Waals surface area (Å²) in [4.78, 5) is 0.